The second-order valence-corrected chi connectivity index (χ2v) is 5.77. The Balaban J connectivity index is 1.98. The molecular weight excluding hydrogens is 360 g/mol. The molecular formula is C17H11ClF4N2O. The standard InChI is InChI=1S/C17H11ClF4N2O/c18-10-5-9(6-11(19)7-10)15(25)16-23-8-14(24-16)12-3-1-2-4-13(12)17(20,21)22/h1-8,15,25H,(H,23,24). The Bertz CT molecular complexity index is 887. The molecule has 0 aliphatic heterocycles. The van der Waals surface area contributed by atoms with E-state index in [0.717, 1.165) is 18.2 Å². The maximum atomic E-state index is 13.4. The lowest BCUT2D eigenvalue weighted by atomic mass is 10.0. The molecule has 0 radical (unpaired) electrons. The second-order valence-electron chi connectivity index (χ2n) is 5.33. The predicted octanol–water partition coefficient (Wildman–Crippen LogP) is 4.97. The number of halogens is 5. The van der Waals surface area contributed by atoms with Gasteiger partial charge in [0.05, 0.1) is 17.5 Å². The third-order valence-electron chi connectivity index (χ3n) is 3.58. The van der Waals surface area contributed by atoms with Crippen molar-refractivity contribution in [2.24, 2.45) is 0 Å². The van der Waals surface area contributed by atoms with E-state index in [2.05, 4.69) is 9.97 Å². The number of nitrogens with one attached hydrogen (secondary N) is 1. The SMILES string of the molecule is OC(c1cc(F)cc(Cl)c1)c1ncc(-c2ccccc2C(F)(F)F)[nH]1. The number of aliphatic hydroxyl groups excluding tert-OH is 1. The van der Waals surface area contributed by atoms with Crippen molar-refractivity contribution in [1.29, 1.82) is 0 Å². The molecule has 0 amide bonds. The fraction of sp³-hybridized carbons (Fsp3) is 0.118. The Morgan fingerprint density at radius 1 is 1.12 bits per heavy atom. The molecule has 1 heterocycles. The van der Waals surface area contributed by atoms with E-state index in [1.165, 1.54) is 30.5 Å². The van der Waals surface area contributed by atoms with Gasteiger partial charge in [-0.25, -0.2) is 9.37 Å². The largest absolute Gasteiger partial charge is 0.417 e. The van der Waals surface area contributed by atoms with Gasteiger partial charge in [-0.1, -0.05) is 29.8 Å². The Morgan fingerprint density at radius 3 is 2.52 bits per heavy atom. The number of nitrogens with zero attached hydrogens (tertiary/aromatic N) is 1. The number of rotatable bonds is 3. The smallest absolute Gasteiger partial charge is 0.380 e. The van der Waals surface area contributed by atoms with Gasteiger partial charge in [0.1, 0.15) is 17.7 Å². The van der Waals surface area contributed by atoms with Crippen molar-refractivity contribution >= 4 is 11.6 Å². The fourth-order valence-corrected chi connectivity index (χ4v) is 2.70. The molecule has 0 spiro atoms. The quantitative estimate of drug-likeness (QED) is 0.639. The number of aromatic nitrogens is 2. The molecule has 0 saturated carbocycles. The van der Waals surface area contributed by atoms with E-state index in [-0.39, 0.29) is 27.7 Å². The average Bonchev–Trinajstić information content (AvgIpc) is 3.02. The summed E-state index contributed by atoms with van der Waals surface area (Å²) in [5.41, 5.74) is -0.703. The van der Waals surface area contributed by atoms with Crippen LogP contribution < -0.4 is 0 Å². The van der Waals surface area contributed by atoms with Gasteiger partial charge in [-0.3, -0.25) is 0 Å². The highest BCUT2D eigenvalue weighted by atomic mass is 35.5. The lowest BCUT2D eigenvalue weighted by molar-refractivity contribution is -0.137. The third-order valence-corrected chi connectivity index (χ3v) is 3.80. The number of imidazole rings is 1. The molecule has 0 bridgehead atoms. The first-order valence-electron chi connectivity index (χ1n) is 7.11. The van der Waals surface area contributed by atoms with Crippen LogP contribution in [0.15, 0.2) is 48.7 Å². The Hall–Kier alpha value is -2.38. The molecule has 1 aromatic heterocycles. The van der Waals surface area contributed by atoms with Crippen LogP contribution in [0.5, 0.6) is 0 Å². The molecule has 2 N–H and O–H groups in total. The number of alkyl halides is 3. The molecule has 0 aliphatic carbocycles. The van der Waals surface area contributed by atoms with Crippen molar-refractivity contribution < 1.29 is 22.7 Å². The first-order chi connectivity index (χ1) is 11.8. The van der Waals surface area contributed by atoms with E-state index >= 15 is 0 Å². The number of aliphatic hydroxyl groups is 1. The van der Waals surface area contributed by atoms with Gasteiger partial charge < -0.3 is 10.1 Å². The summed E-state index contributed by atoms with van der Waals surface area (Å²) in [7, 11) is 0. The molecule has 1 atom stereocenters. The molecule has 1 unspecified atom stereocenters. The minimum Gasteiger partial charge on any atom is -0.380 e. The molecule has 0 saturated heterocycles. The van der Waals surface area contributed by atoms with E-state index in [4.69, 9.17) is 11.6 Å². The molecule has 0 aliphatic rings. The Morgan fingerprint density at radius 2 is 1.84 bits per heavy atom. The zero-order valence-corrected chi connectivity index (χ0v) is 13.2. The Kier molecular flexibility index (Phi) is 4.53. The Labute approximate surface area is 144 Å². The van der Waals surface area contributed by atoms with E-state index in [1.807, 2.05) is 0 Å². The van der Waals surface area contributed by atoms with Gasteiger partial charge >= 0.3 is 6.18 Å². The van der Waals surface area contributed by atoms with Crippen LogP contribution in [-0.4, -0.2) is 15.1 Å². The lowest BCUT2D eigenvalue weighted by Gasteiger charge is -2.11. The van der Waals surface area contributed by atoms with E-state index in [9.17, 15) is 22.7 Å². The summed E-state index contributed by atoms with van der Waals surface area (Å²) < 4.78 is 52.7. The maximum absolute atomic E-state index is 13.4. The predicted molar refractivity (Wildman–Crippen MR) is 84.5 cm³/mol. The summed E-state index contributed by atoms with van der Waals surface area (Å²) >= 11 is 5.75. The summed E-state index contributed by atoms with van der Waals surface area (Å²) in [4.78, 5) is 6.57. The number of aromatic amines is 1. The van der Waals surface area contributed by atoms with Crippen LogP contribution in [0.1, 0.15) is 23.1 Å². The van der Waals surface area contributed by atoms with Gasteiger partial charge in [0.15, 0.2) is 0 Å². The number of hydrogen-bond acceptors (Lipinski definition) is 2. The molecule has 3 aromatic rings. The third kappa shape index (κ3) is 3.67. The van der Waals surface area contributed by atoms with Crippen molar-refractivity contribution in [3.63, 3.8) is 0 Å². The molecule has 130 valence electrons. The highest BCUT2D eigenvalue weighted by Gasteiger charge is 2.33. The van der Waals surface area contributed by atoms with E-state index < -0.39 is 23.7 Å². The van der Waals surface area contributed by atoms with Crippen molar-refractivity contribution in [1.82, 2.24) is 9.97 Å². The second kappa shape index (κ2) is 6.50. The topological polar surface area (TPSA) is 48.9 Å². The first kappa shape index (κ1) is 17.4. The summed E-state index contributed by atoms with van der Waals surface area (Å²) in [5.74, 6) is -0.663. The number of hydrogen-bond donors (Lipinski definition) is 2. The van der Waals surface area contributed by atoms with Gasteiger partial charge in [0.2, 0.25) is 0 Å². The highest BCUT2D eigenvalue weighted by molar-refractivity contribution is 6.30. The molecule has 3 nitrogen and oxygen atoms in total. The summed E-state index contributed by atoms with van der Waals surface area (Å²) in [6.07, 6.45) is -4.71. The molecule has 3 rings (SSSR count). The van der Waals surface area contributed by atoms with Crippen molar-refractivity contribution in [2.75, 3.05) is 0 Å². The first-order valence-corrected chi connectivity index (χ1v) is 7.49. The minimum absolute atomic E-state index is 0.0198. The minimum atomic E-state index is -4.53. The van der Waals surface area contributed by atoms with Gasteiger partial charge in [0, 0.05) is 10.6 Å². The van der Waals surface area contributed by atoms with Gasteiger partial charge in [-0.2, -0.15) is 13.2 Å². The van der Waals surface area contributed by atoms with Gasteiger partial charge in [-0.05, 0) is 29.8 Å². The van der Waals surface area contributed by atoms with E-state index in [1.54, 1.807) is 0 Å². The molecule has 2 aromatic carbocycles. The maximum Gasteiger partial charge on any atom is 0.417 e. The van der Waals surface area contributed by atoms with Crippen LogP contribution in [-0.2, 0) is 6.18 Å². The summed E-state index contributed by atoms with van der Waals surface area (Å²) in [5, 5.41) is 10.4. The number of benzene rings is 2. The molecule has 8 heteroatoms. The zero-order valence-electron chi connectivity index (χ0n) is 12.5. The lowest BCUT2D eigenvalue weighted by Crippen LogP contribution is -2.07. The summed E-state index contributed by atoms with van der Waals surface area (Å²) in [6, 6.07) is 8.50. The van der Waals surface area contributed by atoms with Crippen LogP contribution >= 0.6 is 11.6 Å². The van der Waals surface area contributed by atoms with Crippen LogP contribution in [0.2, 0.25) is 5.02 Å². The van der Waals surface area contributed by atoms with Crippen molar-refractivity contribution in [3.05, 3.63) is 76.5 Å². The zero-order chi connectivity index (χ0) is 18.2. The normalized spacial score (nSPS) is 13.0. The van der Waals surface area contributed by atoms with Crippen LogP contribution in [0.25, 0.3) is 11.3 Å². The molecule has 25 heavy (non-hydrogen) atoms. The average molecular weight is 371 g/mol. The van der Waals surface area contributed by atoms with Crippen molar-refractivity contribution in [2.45, 2.75) is 12.3 Å². The van der Waals surface area contributed by atoms with Crippen LogP contribution in [0, 0.1) is 5.82 Å². The molecule has 0 fully saturated rings. The van der Waals surface area contributed by atoms with Crippen LogP contribution in [0.4, 0.5) is 17.6 Å². The van der Waals surface area contributed by atoms with Gasteiger partial charge in [-0.15, -0.1) is 0 Å². The number of H-pyrrole nitrogens is 1. The van der Waals surface area contributed by atoms with Gasteiger partial charge in [0.25, 0.3) is 0 Å². The fourth-order valence-electron chi connectivity index (χ4n) is 2.47. The van der Waals surface area contributed by atoms with E-state index in [0.29, 0.717) is 0 Å². The monoisotopic (exact) mass is 370 g/mol. The van der Waals surface area contributed by atoms with Crippen LogP contribution in [0.3, 0.4) is 0 Å². The van der Waals surface area contributed by atoms with Crippen molar-refractivity contribution in [3.8, 4) is 11.3 Å². The highest BCUT2D eigenvalue weighted by Crippen LogP contribution is 2.36. The summed E-state index contributed by atoms with van der Waals surface area (Å²) in [6.45, 7) is 0.